The lowest BCUT2D eigenvalue weighted by Crippen LogP contribution is -1.83. The normalized spacial score (nSPS) is 11.4. The summed E-state index contributed by atoms with van der Waals surface area (Å²) in [6.07, 6.45) is 2.01. The third-order valence-corrected chi connectivity index (χ3v) is 0.995. The lowest BCUT2D eigenvalue weighted by molar-refractivity contribution is 0.767. The van der Waals surface area contributed by atoms with Crippen LogP contribution >= 0.6 is 15.9 Å². The monoisotopic (exact) mass is 161 g/mol. The summed E-state index contributed by atoms with van der Waals surface area (Å²) in [5.41, 5.74) is 0. The Kier molecular flexibility index (Phi) is 0.867. The van der Waals surface area contributed by atoms with Gasteiger partial charge in [-0.2, -0.15) is 5.10 Å². The number of nitrogens with zero attached hydrogens (tertiary/aromatic N) is 2. The Bertz CT molecular complexity index is 176. The highest BCUT2D eigenvalue weighted by molar-refractivity contribution is 9.10. The standard InChI is InChI=1S/C4H5BrN2/c1-7-3-4(5)2-6-7/h2-3H,1H3/i3D. The molecule has 1 rings (SSSR count). The second-order valence-corrected chi connectivity index (χ2v) is 2.08. The Hall–Kier alpha value is -0.310. The molecule has 0 atom stereocenters. The highest BCUT2D eigenvalue weighted by atomic mass is 79.9. The average molecular weight is 162 g/mol. The molecule has 0 bridgehead atoms. The molecule has 1 aromatic rings. The predicted molar refractivity (Wildman–Crippen MR) is 30.9 cm³/mol. The summed E-state index contributed by atoms with van der Waals surface area (Å²) in [7, 11) is 1.73. The van der Waals surface area contributed by atoms with Crippen molar-refractivity contribution in [3.63, 3.8) is 0 Å². The Balaban J connectivity index is 3.19. The van der Waals surface area contributed by atoms with Gasteiger partial charge in [-0.1, -0.05) is 0 Å². The van der Waals surface area contributed by atoms with Crippen LogP contribution in [0.5, 0.6) is 0 Å². The molecule has 1 aromatic heterocycles. The highest BCUT2D eigenvalue weighted by Crippen LogP contribution is 2.03. The van der Waals surface area contributed by atoms with Gasteiger partial charge in [0.15, 0.2) is 0 Å². The Labute approximate surface area is 51.7 Å². The average Bonchev–Trinajstić information content (AvgIpc) is 1.98. The molecule has 0 aromatic carbocycles. The van der Waals surface area contributed by atoms with E-state index >= 15 is 0 Å². The van der Waals surface area contributed by atoms with Crippen LogP contribution in [0.15, 0.2) is 16.8 Å². The molecule has 0 amide bonds. The topological polar surface area (TPSA) is 17.8 Å². The fraction of sp³-hybridized carbons (Fsp3) is 0.250. The first-order chi connectivity index (χ1) is 3.72. The van der Waals surface area contributed by atoms with Crippen LogP contribution in [-0.4, -0.2) is 9.78 Å². The third kappa shape index (κ3) is 1.03. The maximum absolute atomic E-state index is 7.18. The molecule has 0 aliphatic carbocycles. The Morgan fingerprint density at radius 3 is 3.00 bits per heavy atom. The minimum absolute atomic E-state index is 0.407. The predicted octanol–water partition coefficient (Wildman–Crippen LogP) is 1.18. The minimum Gasteiger partial charge on any atom is -0.275 e. The second kappa shape index (κ2) is 1.66. The number of hydrogen-bond donors (Lipinski definition) is 0. The number of halogens is 1. The molecule has 0 saturated carbocycles. The third-order valence-electron chi connectivity index (χ3n) is 0.613. The summed E-state index contributed by atoms with van der Waals surface area (Å²) >= 11 is 3.15. The van der Waals surface area contributed by atoms with E-state index in [1.54, 1.807) is 13.2 Å². The van der Waals surface area contributed by atoms with Gasteiger partial charge in [0.1, 0.15) is 0 Å². The van der Waals surface area contributed by atoms with Crippen molar-refractivity contribution in [1.29, 1.82) is 0 Å². The van der Waals surface area contributed by atoms with E-state index in [4.69, 9.17) is 1.37 Å². The highest BCUT2D eigenvalue weighted by Gasteiger charge is 1.83. The first-order valence-corrected chi connectivity index (χ1v) is 2.65. The SMILES string of the molecule is [2H]c1c(Br)cnn1C. The van der Waals surface area contributed by atoms with E-state index in [0.717, 1.165) is 4.47 Å². The summed E-state index contributed by atoms with van der Waals surface area (Å²) in [6, 6.07) is 0. The van der Waals surface area contributed by atoms with Gasteiger partial charge in [-0.05, 0) is 15.9 Å². The van der Waals surface area contributed by atoms with Gasteiger partial charge in [0.25, 0.3) is 0 Å². The summed E-state index contributed by atoms with van der Waals surface area (Å²) < 4.78 is 9.40. The molecular formula is C4H5BrN2. The summed E-state index contributed by atoms with van der Waals surface area (Å²) in [6.45, 7) is 0. The Morgan fingerprint density at radius 2 is 2.86 bits per heavy atom. The van der Waals surface area contributed by atoms with Crippen molar-refractivity contribution >= 4 is 15.9 Å². The van der Waals surface area contributed by atoms with Crippen LogP contribution < -0.4 is 0 Å². The van der Waals surface area contributed by atoms with E-state index in [1.165, 1.54) is 4.68 Å². The lowest BCUT2D eigenvalue weighted by atomic mass is 10.8. The number of hydrogen-bond acceptors (Lipinski definition) is 1. The number of aromatic nitrogens is 2. The van der Waals surface area contributed by atoms with Gasteiger partial charge >= 0.3 is 0 Å². The van der Waals surface area contributed by atoms with Crippen LogP contribution in [0, 0.1) is 0 Å². The van der Waals surface area contributed by atoms with Crippen molar-refractivity contribution in [2.24, 2.45) is 7.05 Å². The molecule has 0 spiro atoms. The van der Waals surface area contributed by atoms with Crippen molar-refractivity contribution < 1.29 is 1.37 Å². The van der Waals surface area contributed by atoms with E-state index in [1.807, 2.05) is 0 Å². The van der Waals surface area contributed by atoms with Crippen LogP contribution in [0.1, 0.15) is 1.37 Å². The first-order valence-electron chi connectivity index (χ1n) is 2.36. The van der Waals surface area contributed by atoms with Gasteiger partial charge in [0.2, 0.25) is 0 Å². The maximum Gasteiger partial charge on any atom is 0.0849 e. The molecule has 0 saturated heterocycles. The number of aryl methyl sites for hydroxylation is 1. The zero-order chi connectivity index (χ0) is 6.15. The molecule has 3 heteroatoms. The quantitative estimate of drug-likeness (QED) is 0.560. The molecule has 0 fully saturated rings. The molecule has 0 unspecified atom stereocenters. The fourth-order valence-corrected chi connectivity index (χ4v) is 0.698. The van der Waals surface area contributed by atoms with E-state index in [9.17, 15) is 0 Å². The molecule has 0 N–H and O–H groups in total. The summed E-state index contributed by atoms with van der Waals surface area (Å²) in [5, 5.41) is 3.80. The van der Waals surface area contributed by atoms with Gasteiger partial charge < -0.3 is 0 Å². The van der Waals surface area contributed by atoms with Crippen LogP contribution in [0.3, 0.4) is 0 Å². The lowest BCUT2D eigenvalue weighted by Gasteiger charge is -1.77. The zero-order valence-electron chi connectivity index (χ0n) is 4.85. The van der Waals surface area contributed by atoms with Gasteiger partial charge in [-0.3, -0.25) is 4.68 Å². The van der Waals surface area contributed by atoms with Crippen LogP contribution in [0.4, 0.5) is 0 Å². The van der Waals surface area contributed by atoms with Crippen molar-refractivity contribution in [3.8, 4) is 0 Å². The molecule has 0 aliphatic heterocycles. The second-order valence-electron chi connectivity index (χ2n) is 1.23. The zero-order valence-corrected chi connectivity index (χ0v) is 5.44. The van der Waals surface area contributed by atoms with Crippen molar-refractivity contribution in [1.82, 2.24) is 9.78 Å². The van der Waals surface area contributed by atoms with Crippen LogP contribution in [0.25, 0.3) is 0 Å². The van der Waals surface area contributed by atoms with E-state index in [-0.39, 0.29) is 0 Å². The maximum atomic E-state index is 7.18. The molecular weight excluding hydrogens is 156 g/mol. The molecule has 0 aliphatic rings. The van der Waals surface area contributed by atoms with Gasteiger partial charge in [0.05, 0.1) is 12.0 Å². The van der Waals surface area contributed by atoms with E-state index < -0.39 is 0 Å². The minimum atomic E-state index is 0.407. The van der Waals surface area contributed by atoms with Gasteiger partial charge in [0, 0.05) is 13.2 Å². The molecule has 7 heavy (non-hydrogen) atoms. The summed E-state index contributed by atoms with van der Waals surface area (Å²) in [5.74, 6) is 0. The van der Waals surface area contributed by atoms with Crippen molar-refractivity contribution in [2.75, 3.05) is 0 Å². The van der Waals surface area contributed by atoms with Crippen LogP contribution in [0.2, 0.25) is 0 Å². The van der Waals surface area contributed by atoms with E-state index in [2.05, 4.69) is 21.0 Å². The van der Waals surface area contributed by atoms with Crippen LogP contribution in [-0.2, 0) is 7.05 Å². The van der Waals surface area contributed by atoms with Gasteiger partial charge in [-0.15, -0.1) is 0 Å². The molecule has 38 valence electrons. The molecule has 1 heterocycles. The van der Waals surface area contributed by atoms with Crippen molar-refractivity contribution in [3.05, 3.63) is 16.8 Å². The fourth-order valence-electron chi connectivity index (χ4n) is 0.350. The molecule has 0 radical (unpaired) electrons. The first kappa shape index (κ1) is 3.66. The number of rotatable bonds is 0. The van der Waals surface area contributed by atoms with Gasteiger partial charge in [-0.25, -0.2) is 0 Å². The molecule has 2 nitrogen and oxygen atoms in total. The smallest absolute Gasteiger partial charge is 0.0849 e. The van der Waals surface area contributed by atoms with Crippen molar-refractivity contribution in [2.45, 2.75) is 0 Å². The Morgan fingerprint density at radius 1 is 2.14 bits per heavy atom. The van der Waals surface area contributed by atoms with E-state index in [0.29, 0.717) is 6.17 Å². The largest absolute Gasteiger partial charge is 0.275 e. The summed E-state index contributed by atoms with van der Waals surface area (Å²) in [4.78, 5) is 0.